The van der Waals surface area contributed by atoms with E-state index in [1.54, 1.807) is 156 Å². The minimum Gasteiger partial charge on any atom is -0.496 e. The van der Waals surface area contributed by atoms with E-state index in [1.165, 1.54) is 26.4 Å². The van der Waals surface area contributed by atoms with E-state index in [9.17, 15) is 28.8 Å². The highest BCUT2D eigenvalue weighted by atomic mass is 16.6. The van der Waals surface area contributed by atoms with Gasteiger partial charge >= 0.3 is 23.9 Å². The molecule has 0 aliphatic carbocycles. The molecule has 0 saturated heterocycles. The van der Waals surface area contributed by atoms with Crippen molar-refractivity contribution in [1.82, 2.24) is 0 Å². The molecule has 0 spiro atoms. The van der Waals surface area contributed by atoms with Gasteiger partial charge in [-0.1, -0.05) is 41.5 Å². The van der Waals surface area contributed by atoms with Crippen LogP contribution in [0.4, 0.5) is 0 Å². The molecule has 12 heteroatoms. The number of ether oxygens (including phenoxy) is 6. The first-order valence-electron chi connectivity index (χ1n) is 24.4. The Labute approximate surface area is 433 Å². The fraction of sp³-hybridized carbons (Fsp3) is 0.443. The van der Waals surface area contributed by atoms with Crippen molar-refractivity contribution in [2.45, 2.75) is 142 Å². The molecule has 4 aromatic rings. The van der Waals surface area contributed by atoms with Gasteiger partial charge in [-0.15, -0.1) is 0 Å². The van der Waals surface area contributed by atoms with Gasteiger partial charge in [-0.25, -0.2) is 0 Å². The molecule has 0 heterocycles. The summed E-state index contributed by atoms with van der Waals surface area (Å²) in [5, 5.41) is 0. The Morgan fingerprint density at radius 1 is 0.411 bits per heavy atom. The zero-order valence-corrected chi connectivity index (χ0v) is 46.8. The van der Waals surface area contributed by atoms with E-state index in [2.05, 4.69) is 20.8 Å². The Bertz CT molecular complexity index is 2700. The first-order chi connectivity index (χ1) is 33.4. The quantitative estimate of drug-likeness (QED) is 0.0510. The summed E-state index contributed by atoms with van der Waals surface area (Å²) in [6, 6.07) is 20.1. The van der Waals surface area contributed by atoms with Crippen LogP contribution in [0.15, 0.2) is 84.9 Å². The largest absolute Gasteiger partial charge is 0.496 e. The maximum absolute atomic E-state index is 12.9. The minimum atomic E-state index is -0.660. The summed E-state index contributed by atoms with van der Waals surface area (Å²) < 4.78 is 33.4. The molecule has 0 atom stereocenters. The molecule has 0 radical (unpaired) electrons. The average Bonchev–Trinajstić information content (AvgIpc) is 3.29. The van der Waals surface area contributed by atoms with Crippen LogP contribution in [0.5, 0.6) is 34.5 Å². The zero-order valence-electron chi connectivity index (χ0n) is 46.8. The number of esters is 4. The molecule has 0 amide bonds. The van der Waals surface area contributed by atoms with E-state index >= 15 is 0 Å². The molecule has 0 aliphatic heterocycles. The van der Waals surface area contributed by atoms with Gasteiger partial charge in [0.2, 0.25) is 0 Å². The molecule has 0 saturated carbocycles. The Morgan fingerprint density at radius 2 is 0.712 bits per heavy atom. The summed E-state index contributed by atoms with van der Waals surface area (Å²) in [6.45, 7) is 33.8. The van der Waals surface area contributed by atoms with Crippen LogP contribution in [0.3, 0.4) is 0 Å². The predicted octanol–water partition coefficient (Wildman–Crippen LogP) is 14.0. The molecule has 4 aromatic carbocycles. The van der Waals surface area contributed by atoms with Crippen LogP contribution in [0, 0.1) is 21.7 Å². The third-order valence-corrected chi connectivity index (χ3v) is 11.5. The molecule has 0 unspecified atom stereocenters. The van der Waals surface area contributed by atoms with Gasteiger partial charge in [0.15, 0.2) is 11.6 Å². The fourth-order valence-electron chi connectivity index (χ4n) is 6.17. The first-order valence-corrected chi connectivity index (χ1v) is 24.4. The third kappa shape index (κ3) is 17.4. The van der Waals surface area contributed by atoms with Crippen molar-refractivity contribution in [2.24, 2.45) is 21.7 Å². The van der Waals surface area contributed by atoms with Crippen LogP contribution in [-0.2, 0) is 30.0 Å². The summed E-state index contributed by atoms with van der Waals surface area (Å²) in [4.78, 5) is 75.0. The lowest BCUT2D eigenvalue weighted by Crippen LogP contribution is -2.27. The number of rotatable bonds is 14. The number of ketones is 2. The molecule has 0 aromatic heterocycles. The molecule has 394 valence electrons. The number of hydrogen-bond acceptors (Lipinski definition) is 12. The standard InChI is InChI=1S/C31H40O6.C30H38O6/c1-11-31(8,9)23-18-21(25(35-10)19-26(23)37-28(34)30(5,6)7)14-17-24(32)20-12-15-22(16-13-20)36-27(33)29(2,3)4;1-28(2,3)22-17-20(24(34-10)18-25(22)36-27(33)30(7,8)9)13-16-23(31)19-11-14-21(15-12-19)35-26(32)29(4,5)6/h12-19H,11H2,1-10H3;11-18H,1-10H3. The lowest BCUT2D eigenvalue weighted by Gasteiger charge is -2.28. The Morgan fingerprint density at radius 3 is 1.00 bits per heavy atom. The van der Waals surface area contributed by atoms with Gasteiger partial charge < -0.3 is 28.4 Å². The van der Waals surface area contributed by atoms with Gasteiger partial charge in [-0.2, -0.15) is 0 Å². The van der Waals surface area contributed by atoms with Crippen molar-refractivity contribution >= 4 is 47.6 Å². The van der Waals surface area contributed by atoms with Crippen molar-refractivity contribution in [1.29, 1.82) is 0 Å². The summed E-state index contributed by atoms with van der Waals surface area (Å²) in [5.74, 6) is 0.816. The van der Waals surface area contributed by atoms with E-state index in [1.807, 2.05) is 32.9 Å². The van der Waals surface area contributed by atoms with Gasteiger partial charge in [-0.05, 0) is 185 Å². The second-order valence-electron chi connectivity index (χ2n) is 23.7. The van der Waals surface area contributed by atoms with Crippen LogP contribution in [0.1, 0.15) is 174 Å². The predicted molar refractivity (Wildman–Crippen MR) is 288 cm³/mol. The second-order valence-corrected chi connectivity index (χ2v) is 23.7. The lowest BCUT2D eigenvalue weighted by atomic mass is 9.80. The van der Waals surface area contributed by atoms with Crippen molar-refractivity contribution < 1.29 is 57.2 Å². The number of allylic oxidation sites excluding steroid dienone is 2. The van der Waals surface area contributed by atoms with Gasteiger partial charge in [0.25, 0.3) is 0 Å². The summed E-state index contributed by atoms with van der Waals surface area (Å²) in [7, 11) is 3.06. The highest BCUT2D eigenvalue weighted by molar-refractivity contribution is 6.07. The van der Waals surface area contributed by atoms with Crippen LogP contribution < -0.4 is 28.4 Å². The molecule has 0 aliphatic rings. The van der Waals surface area contributed by atoms with Crippen LogP contribution in [0.2, 0.25) is 0 Å². The Hall–Kier alpha value is -6.82. The van der Waals surface area contributed by atoms with E-state index < -0.39 is 21.7 Å². The van der Waals surface area contributed by atoms with Crippen LogP contribution in [-0.4, -0.2) is 49.7 Å². The maximum atomic E-state index is 12.9. The molecule has 0 N–H and O–H groups in total. The smallest absolute Gasteiger partial charge is 0.316 e. The van der Waals surface area contributed by atoms with E-state index in [-0.39, 0.29) is 46.3 Å². The van der Waals surface area contributed by atoms with Gasteiger partial charge in [0.05, 0.1) is 35.9 Å². The summed E-state index contributed by atoms with van der Waals surface area (Å²) in [6.07, 6.45) is 7.12. The van der Waals surface area contributed by atoms with Gasteiger partial charge in [0.1, 0.15) is 34.5 Å². The van der Waals surface area contributed by atoms with Crippen LogP contribution in [0.25, 0.3) is 12.2 Å². The third-order valence-electron chi connectivity index (χ3n) is 11.5. The minimum absolute atomic E-state index is 0.213. The van der Waals surface area contributed by atoms with Gasteiger partial charge in [-0.3, -0.25) is 28.8 Å². The number of methoxy groups -OCH3 is 2. The zero-order chi connectivity index (χ0) is 55.7. The van der Waals surface area contributed by atoms with Gasteiger partial charge in [0, 0.05) is 45.5 Å². The summed E-state index contributed by atoms with van der Waals surface area (Å²) in [5.41, 5.74) is 0.775. The number of hydrogen-bond donors (Lipinski definition) is 0. The molecule has 73 heavy (non-hydrogen) atoms. The van der Waals surface area contributed by atoms with Crippen LogP contribution >= 0.6 is 0 Å². The monoisotopic (exact) mass is 1000 g/mol. The normalized spacial score (nSPS) is 12.4. The van der Waals surface area contributed by atoms with Crippen molar-refractivity contribution in [3.05, 3.63) is 118 Å². The number of carbonyl (C=O) groups is 6. The van der Waals surface area contributed by atoms with E-state index in [0.29, 0.717) is 56.8 Å². The second kappa shape index (κ2) is 23.8. The first kappa shape index (κ1) is 60.5. The highest BCUT2D eigenvalue weighted by Gasteiger charge is 2.31. The number of carbonyl (C=O) groups excluding carboxylic acids is 6. The van der Waals surface area contributed by atoms with E-state index in [0.717, 1.165) is 17.5 Å². The molecule has 0 fully saturated rings. The molecule has 0 bridgehead atoms. The molecule has 4 rings (SSSR count). The number of benzene rings is 4. The molecular weight excluding hydrogens is 925 g/mol. The Kier molecular flexibility index (Phi) is 19.7. The average molecular weight is 1000 g/mol. The van der Waals surface area contributed by atoms with Crippen molar-refractivity contribution in [2.75, 3.05) is 14.2 Å². The Balaban J connectivity index is 0.000000385. The van der Waals surface area contributed by atoms with Crippen molar-refractivity contribution in [3.8, 4) is 34.5 Å². The summed E-state index contributed by atoms with van der Waals surface area (Å²) >= 11 is 0. The van der Waals surface area contributed by atoms with Crippen molar-refractivity contribution in [3.63, 3.8) is 0 Å². The maximum Gasteiger partial charge on any atom is 0.316 e. The highest BCUT2D eigenvalue weighted by Crippen LogP contribution is 2.41. The molecular formula is C61H78O12. The SMILES string of the molecule is CCC(C)(C)c1cc(C=CC(=O)c2ccc(OC(=O)C(C)(C)C)cc2)c(OC)cc1OC(=O)C(C)(C)C.COc1cc(OC(=O)C(C)(C)C)c(C(C)(C)C)cc1C=CC(=O)c1ccc(OC(=O)C(C)(C)C)cc1. The topological polar surface area (TPSA) is 158 Å². The fourth-order valence-corrected chi connectivity index (χ4v) is 6.17. The molecule has 12 nitrogen and oxygen atoms in total. The van der Waals surface area contributed by atoms with E-state index in [4.69, 9.17) is 28.4 Å². The lowest BCUT2D eigenvalue weighted by molar-refractivity contribution is -0.143.